The van der Waals surface area contributed by atoms with E-state index in [4.69, 9.17) is 4.74 Å². The second-order valence-electron chi connectivity index (χ2n) is 6.35. The highest BCUT2D eigenvalue weighted by Crippen LogP contribution is 2.38. The van der Waals surface area contributed by atoms with Gasteiger partial charge in [-0.15, -0.1) is 24.0 Å². The van der Waals surface area contributed by atoms with Gasteiger partial charge in [0.05, 0.1) is 12.4 Å². The van der Waals surface area contributed by atoms with Crippen LogP contribution < -0.4 is 5.32 Å². The first-order valence-electron chi connectivity index (χ1n) is 8.47. The van der Waals surface area contributed by atoms with Gasteiger partial charge in [-0.05, 0) is 12.8 Å². The molecule has 2 aliphatic rings. The van der Waals surface area contributed by atoms with Gasteiger partial charge in [-0.2, -0.15) is 0 Å². The monoisotopic (exact) mass is 474 g/mol. The van der Waals surface area contributed by atoms with Gasteiger partial charge in [0, 0.05) is 51.8 Å². The molecule has 0 bridgehead atoms. The summed E-state index contributed by atoms with van der Waals surface area (Å²) in [7, 11) is -1.45. The van der Waals surface area contributed by atoms with Gasteiger partial charge in [0.1, 0.15) is 0 Å². The molecule has 1 unspecified atom stereocenters. The van der Waals surface area contributed by atoms with Crippen molar-refractivity contribution in [2.24, 2.45) is 10.4 Å². The number of ether oxygens (including phenoxy) is 1. The first kappa shape index (κ1) is 21.9. The maximum atomic E-state index is 12.2. The van der Waals surface area contributed by atoms with Crippen molar-refractivity contribution < 1.29 is 13.2 Å². The average Bonchev–Trinajstić information content (AvgIpc) is 3.15. The van der Waals surface area contributed by atoms with Gasteiger partial charge in [-0.3, -0.25) is 4.99 Å². The molecule has 24 heavy (non-hydrogen) atoms. The van der Waals surface area contributed by atoms with E-state index >= 15 is 0 Å². The zero-order chi connectivity index (χ0) is 16.9. The molecule has 7 nitrogen and oxygen atoms in total. The molecule has 9 heteroatoms. The molecule has 1 spiro atoms. The number of nitrogens with zero attached hydrogens (tertiary/aromatic N) is 3. The Morgan fingerprint density at radius 2 is 2.04 bits per heavy atom. The highest BCUT2D eigenvalue weighted by atomic mass is 127. The fourth-order valence-electron chi connectivity index (χ4n) is 3.46. The molecule has 2 saturated heterocycles. The fraction of sp³-hybridized carbons (Fsp3) is 0.933. The van der Waals surface area contributed by atoms with Gasteiger partial charge in [-0.1, -0.05) is 13.8 Å². The summed E-state index contributed by atoms with van der Waals surface area (Å²) in [6, 6.07) is 0. The van der Waals surface area contributed by atoms with E-state index in [1.807, 2.05) is 13.8 Å². The Bertz CT molecular complexity index is 517. The van der Waals surface area contributed by atoms with Crippen molar-refractivity contribution in [3.8, 4) is 0 Å². The van der Waals surface area contributed by atoms with Crippen molar-refractivity contribution in [3.05, 3.63) is 0 Å². The lowest BCUT2D eigenvalue weighted by atomic mass is 9.87. The lowest BCUT2D eigenvalue weighted by Gasteiger charge is -2.25. The van der Waals surface area contributed by atoms with E-state index in [0.717, 1.165) is 45.1 Å². The third kappa shape index (κ3) is 5.18. The van der Waals surface area contributed by atoms with Gasteiger partial charge in [-0.25, -0.2) is 12.7 Å². The van der Waals surface area contributed by atoms with E-state index in [1.165, 1.54) is 4.31 Å². The summed E-state index contributed by atoms with van der Waals surface area (Å²) in [5.74, 6) is 0.888. The SMILES string of the molecule is CCN(CC)S(=O)(=O)CCNC(=NC)N1CCC2(CCOC2)C1.I. The molecule has 0 amide bonds. The second kappa shape index (κ2) is 9.54. The quantitative estimate of drug-likeness (QED) is 0.353. The van der Waals surface area contributed by atoms with Gasteiger partial charge >= 0.3 is 0 Å². The van der Waals surface area contributed by atoms with Crippen LogP contribution in [0.1, 0.15) is 26.7 Å². The molecular weight excluding hydrogens is 443 g/mol. The van der Waals surface area contributed by atoms with Crippen LogP contribution in [0.2, 0.25) is 0 Å². The molecule has 2 aliphatic heterocycles. The molecular formula is C15H31IN4O3S. The maximum Gasteiger partial charge on any atom is 0.215 e. The Kier molecular flexibility index (Phi) is 8.71. The number of sulfonamides is 1. The van der Waals surface area contributed by atoms with Crippen LogP contribution in [0.4, 0.5) is 0 Å². The Balaban J connectivity index is 0.00000288. The summed E-state index contributed by atoms with van der Waals surface area (Å²) in [4.78, 5) is 6.53. The van der Waals surface area contributed by atoms with Crippen LogP contribution in [-0.2, 0) is 14.8 Å². The smallest absolute Gasteiger partial charge is 0.215 e. The lowest BCUT2D eigenvalue weighted by molar-refractivity contribution is 0.156. The summed E-state index contributed by atoms with van der Waals surface area (Å²) in [5.41, 5.74) is 0.269. The average molecular weight is 474 g/mol. The Hall–Kier alpha value is -0.130. The normalized spacial score (nSPS) is 24.7. The Morgan fingerprint density at radius 1 is 1.33 bits per heavy atom. The lowest BCUT2D eigenvalue weighted by Crippen LogP contribution is -2.44. The second-order valence-corrected chi connectivity index (χ2v) is 8.44. The van der Waals surface area contributed by atoms with E-state index in [9.17, 15) is 8.42 Å². The number of guanidine groups is 1. The minimum atomic E-state index is -3.19. The molecule has 0 aromatic heterocycles. The summed E-state index contributed by atoms with van der Waals surface area (Å²) in [5, 5.41) is 3.21. The summed E-state index contributed by atoms with van der Waals surface area (Å²) in [6.45, 7) is 8.71. The molecule has 142 valence electrons. The summed E-state index contributed by atoms with van der Waals surface area (Å²) >= 11 is 0. The van der Waals surface area contributed by atoms with Crippen molar-refractivity contribution >= 4 is 40.0 Å². The zero-order valence-corrected chi connectivity index (χ0v) is 18.1. The number of likely N-dealkylation sites (tertiary alicyclic amines) is 1. The molecule has 1 atom stereocenters. The fourth-order valence-corrected chi connectivity index (χ4v) is 4.86. The third-order valence-corrected chi connectivity index (χ3v) is 6.90. The van der Waals surface area contributed by atoms with Crippen LogP contribution in [0.25, 0.3) is 0 Å². The minimum absolute atomic E-state index is 0. The van der Waals surface area contributed by atoms with Crippen LogP contribution in [0.15, 0.2) is 4.99 Å². The van der Waals surface area contributed by atoms with E-state index in [-0.39, 0.29) is 35.1 Å². The maximum absolute atomic E-state index is 12.2. The number of hydrogen-bond donors (Lipinski definition) is 1. The van der Waals surface area contributed by atoms with Crippen LogP contribution in [-0.4, -0.2) is 82.3 Å². The van der Waals surface area contributed by atoms with Crippen LogP contribution in [0.5, 0.6) is 0 Å². The van der Waals surface area contributed by atoms with Crippen LogP contribution in [0.3, 0.4) is 0 Å². The van der Waals surface area contributed by atoms with Crippen LogP contribution in [0, 0.1) is 5.41 Å². The van der Waals surface area contributed by atoms with Gasteiger partial charge in [0.2, 0.25) is 10.0 Å². The number of aliphatic imine (C=N–C) groups is 1. The van der Waals surface area contributed by atoms with Crippen molar-refractivity contribution in [2.45, 2.75) is 26.7 Å². The van der Waals surface area contributed by atoms with Crippen LogP contribution >= 0.6 is 24.0 Å². The number of halogens is 1. The Labute approximate surface area is 163 Å². The predicted octanol–water partition coefficient (Wildman–Crippen LogP) is 0.964. The van der Waals surface area contributed by atoms with Crippen molar-refractivity contribution in [1.82, 2.24) is 14.5 Å². The van der Waals surface area contributed by atoms with E-state index in [0.29, 0.717) is 19.6 Å². The van der Waals surface area contributed by atoms with Gasteiger partial charge < -0.3 is 15.0 Å². The standard InChI is InChI=1S/C15H30N4O3S.HI/c1-4-19(5-2)23(20,21)11-8-17-14(16-3)18-9-6-15(12-18)7-10-22-13-15;/h4-13H2,1-3H3,(H,16,17);1H. The van der Waals surface area contributed by atoms with E-state index in [2.05, 4.69) is 15.2 Å². The minimum Gasteiger partial charge on any atom is -0.381 e. The molecule has 0 radical (unpaired) electrons. The zero-order valence-electron chi connectivity index (χ0n) is 15.0. The van der Waals surface area contributed by atoms with Crippen molar-refractivity contribution in [2.75, 3.05) is 58.7 Å². The Morgan fingerprint density at radius 3 is 2.58 bits per heavy atom. The van der Waals surface area contributed by atoms with E-state index < -0.39 is 10.0 Å². The van der Waals surface area contributed by atoms with Crippen molar-refractivity contribution in [1.29, 1.82) is 0 Å². The molecule has 0 aromatic carbocycles. The third-order valence-electron chi connectivity index (χ3n) is 4.88. The number of hydrogen-bond acceptors (Lipinski definition) is 4. The highest BCUT2D eigenvalue weighted by Gasteiger charge is 2.42. The number of rotatable bonds is 6. The van der Waals surface area contributed by atoms with Gasteiger partial charge in [0.15, 0.2) is 5.96 Å². The molecule has 0 aromatic rings. The molecule has 1 N–H and O–H groups in total. The largest absolute Gasteiger partial charge is 0.381 e. The first-order chi connectivity index (χ1) is 11.0. The van der Waals surface area contributed by atoms with Crippen molar-refractivity contribution in [3.63, 3.8) is 0 Å². The topological polar surface area (TPSA) is 74.2 Å². The molecule has 0 aliphatic carbocycles. The summed E-state index contributed by atoms with van der Waals surface area (Å²) < 4.78 is 31.5. The van der Waals surface area contributed by atoms with Gasteiger partial charge in [0.25, 0.3) is 0 Å². The molecule has 2 fully saturated rings. The molecule has 0 saturated carbocycles. The number of nitrogens with one attached hydrogen (secondary N) is 1. The molecule has 2 rings (SSSR count). The molecule has 2 heterocycles. The first-order valence-corrected chi connectivity index (χ1v) is 10.1. The summed E-state index contributed by atoms with van der Waals surface area (Å²) in [6.07, 6.45) is 2.22. The van der Waals surface area contributed by atoms with E-state index in [1.54, 1.807) is 7.05 Å². The highest BCUT2D eigenvalue weighted by molar-refractivity contribution is 14.0. The predicted molar refractivity (Wildman–Crippen MR) is 108 cm³/mol.